The number of rotatable bonds is 9. The molecule has 0 spiro atoms. The number of benzene rings is 2. The van der Waals surface area contributed by atoms with Crippen LogP contribution in [-0.2, 0) is 0 Å². The molecule has 3 aromatic rings. The van der Waals surface area contributed by atoms with Crippen LogP contribution in [0.1, 0.15) is 24.0 Å². The normalized spacial score (nSPS) is 17.2. The van der Waals surface area contributed by atoms with Crippen LogP contribution in [0.25, 0.3) is 0 Å². The average Bonchev–Trinajstić information content (AvgIpc) is 2.96. The molecule has 0 saturated carbocycles. The number of hydrogen-bond donors (Lipinski definition) is 4. The summed E-state index contributed by atoms with van der Waals surface area (Å²) >= 11 is 3.53. The van der Waals surface area contributed by atoms with E-state index in [9.17, 15) is 9.79 Å². The molecule has 1 aromatic heterocycles. The third-order valence-corrected chi connectivity index (χ3v) is 9.43. The van der Waals surface area contributed by atoms with Crippen molar-refractivity contribution in [1.82, 2.24) is 19.8 Å². The van der Waals surface area contributed by atoms with Crippen molar-refractivity contribution < 1.29 is 30.0 Å². The summed E-state index contributed by atoms with van der Waals surface area (Å²) < 4.78 is 12.1. The number of nitrogens with one attached hydrogen (secondary N) is 2. The molecule has 2 fully saturated rings. The Morgan fingerprint density at radius 2 is 1.59 bits per heavy atom. The Balaban J connectivity index is 0.00000288. The van der Waals surface area contributed by atoms with Crippen LogP contribution in [0.15, 0.2) is 41.0 Å². The van der Waals surface area contributed by atoms with Crippen LogP contribution < -0.4 is 24.8 Å². The van der Waals surface area contributed by atoms with E-state index >= 15 is 0 Å². The number of aryl methyl sites for hydroxylation is 2. The minimum atomic E-state index is -4.28. The smallest absolute Gasteiger partial charge is 0.412 e. The second kappa shape index (κ2) is 15.0. The second-order valence-electron chi connectivity index (χ2n) is 12.5. The molecule has 0 bridgehead atoms. The molecular weight excluding hydrogens is 677 g/mol. The van der Waals surface area contributed by atoms with Crippen molar-refractivity contribution in [1.29, 1.82) is 0 Å². The zero-order valence-electron chi connectivity index (χ0n) is 27.5. The van der Waals surface area contributed by atoms with Crippen LogP contribution in [0.3, 0.4) is 0 Å². The number of likely N-dealkylation sites (N-methyl/N-ethyl adjacent to an activating group) is 1. The van der Waals surface area contributed by atoms with Gasteiger partial charge in [-0.2, -0.15) is 0 Å². The fourth-order valence-corrected chi connectivity index (χ4v) is 6.81. The van der Waals surface area contributed by atoms with E-state index in [1.807, 2.05) is 19.1 Å². The Labute approximate surface area is 279 Å². The molecule has 46 heavy (non-hydrogen) atoms. The molecule has 2 aliphatic heterocycles. The van der Waals surface area contributed by atoms with Crippen LogP contribution in [-0.4, -0.2) is 113 Å². The van der Waals surface area contributed by atoms with Crippen LogP contribution >= 0.6 is 23.2 Å². The van der Waals surface area contributed by atoms with E-state index in [4.69, 9.17) is 14.2 Å². The van der Waals surface area contributed by atoms with Gasteiger partial charge in [0.1, 0.15) is 0 Å². The summed E-state index contributed by atoms with van der Waals surface area (Å²) in [6, 6.07) is 10.3. The summed E-state index contributed by atoms with van der Waals surface area (Å²) in [5.41, 5.74) is 4.56. The molecule has 2 aromatic carbocycles. The van der Waals surface area contributed by atoms with E-state index in [0.717, 1.165) is 68.9 Å². The molecule has 13 nitrogen and oxygen atoms in total. The number of ether oxygens (including phenoxy) is 1. The maximum absolute atomic E-state index is 10.4. The first kappa shape index (κ1) is 37.6. The quantitative estimate of drug-likeness (QED) is 0.235. The first-order valence-corrected chi connectivity index (χ1v) is 18.7. The second-order valence-corrected chi connectivity index (χ2v) is 17.3. The first-order chi connectivity index (χ1) is 20.7. The fraction of sp³-hybridized carbons (Fsp3) is 0.484. The van der Waals surface area contributed by atoms with E-state index in [2.05, 4.69) is 72.4 Å². The third kappa shape index (κ3) is 9.61. The zero-order chi connectivity index (χ0) is 31.7. The summed E-state index contributed by atoms with van der Waals surface area (Å²) in [5, 5.41) is 6.57. The molecule has 3 heterocycles. The number of piperidine rings is 1. The number of aromatic nitrogens is 2. The van der Waals surface area contributed by atoms with Gasteiger partial charge in [0, 0.05) is 45.3 Å². The SMILES string of the molecule is COc1cc(N2CCC(N3CCN(C)CC3)CC2)c(C)cc1Nc1ncc(Br)c(Nc2ccc(C)cc2OP(C)(C)(O)O)n1.O.O. The Morgan fingerprint density at radius 3 is 2.22 bits per heavy atom. The Hall–Kier alpha value is -2.81. The maximum Gasteiger partial charge on any atom is -0.412 e. The number of piperazine rings is 1. The Kier molecular flexibility index (Phi) is 12.2. The van der Waals surface area contributed by atoms with E-state index < -0.39 is 7.28 Å². The molecule has 5 rings (SSSR count). The van der Waals surface area contributed by atoms with Gasteiger partial charge in [-0.3, -0.25) is 4.90 Å². The summed E-state index contributed by atoms with van der Waals surface area (Å²) in [6.45, 7) is 13.3. The van der Waals surface area contributed by atoms with Crippen molar-refractivity contribution in [3.8, 4) is 11.5 Å². The Bertz CT molecular complexity index is 1480. The standard InChI is InChI=1S/C31H45BrN7O4P.2H2O/c1-21-7-8-25(29(17-21)43-44(5,6,40)41)34-30-24(32)20-33-31(36-30)35-26-18-22(2)27(19-28(26)42-4)39-11-9-23(10-12-39)38-15-13-37(3)14-16-38;;/h7-8,17-20,23,40-41H,9-16H2,1-6H3,(H2,33,34,35,36);2*1H2. The van der Waals surface area contributed by atoms with E-state index in [0.29, 0.717) is 39.5 Å². The number of halogens is 1. The average molecular weight is 727 g/mol. The molecule has 0 aliphatic carbocycles. The first-order valence-electron chi connectivity index (χ1n) is 15.0. The van der Waals surface area contributed by atoms with E-state index in [-0.39, 0.29) is 11.0 Å². The molecule has 0 unspecified atom stereocenters. The predicted octanol–water partition coefficient (Wildman–Crippen LogP) is 3.84. The fourth-order valence-electron chi connectivity index (χ4n) is 5.80. The van der Waals surface area contributed by atoms with Gasteiger partial charge in [0.05, 0.1) is 0 Å². The summed E-state index contributed by atoms with van der Waals surface area (Å²) in [5.74, 6) is 1.89. The van der Waals surface area contributed by atoms with Crippen molar-refractivity contribution in [2.45, 2.75) is 32.7 Å². The van der Waals surface area contributed by atoms with Crippen molar-refractivity contribution >= 4 is 52.0 Å². The van der Waals surface area contributed by atoms with Gasteiger partial charge in [0.2, 0.25) is 0 Å². The number of nitrogens with zero attached hydrogens (tertiary/aromatic N) is 5. The molecule has 0 amide bonds. The van der Waals surface area contributed by atoms with E-state index in [1.165, 1.54) is 19.0 Å². The van der Waals surface area contributed by atoms with Gasteiger partial charge in [-0.05, 0) is 19.9 Å². The molecule has 256 valence electrons. The zero-order valence-corrected chi connectivity index (χ0v) is 30.0. The van der Waals surface area contributed by atoms with Gasteiger partial charge in [-0.25, -0.2) is 0 Å². The molecule has 2 aliphatic rings. The molecule has 2 saturated heterocycles. The molecule has 8 N–H and O–H groups in total. The van der Waals surface area contributed by atoms with Crippen molar-refractivity contribution in [3.63, 3.8) is 0 Å². The van der Waals surface area contributed by atoms with Crippen LogP contribution in [0.4, 0.5) is 28.8 Å². The van der Waals surface area contributed by atoms with Crippen molar-refractivity contribution in [3.05, 3.63) is 52.1 Å². The summed E-state index contributed by atoms with van der Waals surface area (Å²) in [6.07, 6.45) is 3.98. The van der Waals surface area contributed by atoms with Crippen LogP contribution in [0.5, 0.6) is 11.5 Å². The van der Waals surface area contributed by atoms with Gasteiger partial charge < -0.3 is 20.8 Å². The topological polar surface area (TPSA) is 181 Å². The largest absolute Gasteiger partial charge is 0.412 e. The summed E-state index contributed by atoms with van der Waals surface area (Å²) in [4.78, 5) is 37.5. The van der Waals surface area contributed by atoms with Gasteiger partial charge in [-0.15, -0.1) is 0 Å². The number of hydrogen-bond acceptors (Lipinski definition) is 11. The third-order valence-electron chi connectivity index (χ3n) is 8.12. The molecule has 15 heteroatoms. The van der Waals surface area contributed by atoms with Crippen molar-refractivity contribution in [2.24, 2.45) is 0 Å². The monoisotopic (exact) mass is 725 g/mol. The molecule has 0 radical (unpaired) electrons. The predicted molar refractivity (Wildman–Crippen MR) is 191 cm³/mol. The molecule has 0 atom stereocenters. The van der Waals surface area contributed by atoms with Crippen molar-refractivity contribution in [2.75, 3.05) is 82.3 Å². The summed E-state index contributed by atoms with van der Waals surface area (Å²) in [7, 11) is -0.402. The minimum absolute atomic E-state index is 0. The number of anilines is 5. The van der Waals surface area contributed by atoms with Gasteiger partial charge >= 0.3 is 190 Å². The van der Waals surface area contributed by atoms with Crippen LogP contribution in [0.2, 0.25) is 0 Å². The van der Waals surface area contributed by atoms with Gasteiger partial charge in [0.25, 0.3) is 0 Å². The molecular formula is C31H49BrN7O6P. The minimum Gasteiger partial charge on any atom is -0.412 e. The maximum atomic E-state index is 10.4. The van der Waals surface area contributed by atoms with Gasteiger partial charge in [0.15, 0.2) is 0 Å². The van der Waals surface area contributed by atoms with E-state index in [1.54, 1.807) is 19.4 Å². The Morgan fingerprint density at radius 1 is 0.913 bits per heavy atom. The van der Waals surface area contributed by atoms with Gasteiger partial charge in [-0.1, -0.05) is 0 Å². The van der Waals surface area contributed by atoms with Crippen LogP contribution in [0, 0.1) is 13.8 Å². The number of methoxy groups -OCH3 is 1.